The monoisotopic (exact) mass is 684 g/mol. The molecule has 0 fully saturated rings. The van der Waals surface area contributed by atoms with E-state index in [1.165, 1.54) is 0 Å². The normalized spacial score (nSPS) is 18.8. The van der Waals surface area contributed by atoms with E-state index in [2.05, 4.69) is 120 Å². The summed E-state index contributed by atoms with van der Waals surface area (Å²) in [7, 11) is 0. The van der Waals surface area contributed by atoms with E-state index in [4.69, 9.17) is 10.7 Å². The second-order valence-corrected chi connectivity index (χ2v) is 15.1. The smallest absolute Gasteiger partial charge is 0.0994 e. The molecule has 3 heterocycles. The van der Waals surface area contributed by atoms with Crippen LogP contribution in [0.1, 0.15) is 80.8 Å². The van der Waals surface area contributed by atoms with Crippen molar-refractivity contribution in [3.63, 3.8) is 0 Å². The van der Waals surface area contributed by atoms with E-state index >= 15 is 0 Å². The van der Waals surface area contributed by atoms with Gasteiger partial charge in [-0.1, -0.05) is 70.4 Å². The average molecular weight is 685 g/mol. The molecule has 0 bridgehead atoms. The number of aromatic nitrogens is 1. The van der Waals surface area contributed by atoms with Gasteiger partial charge in [0.05, 0.1) is 29.1 Å². The van der Waals surface area contributed by atoms with Crippen LogP contribution >= 0.6 is 0 Å². The van der Waals surface area contributed by atoms with Gasteiger partial charge in [-0.15, -0.1) is 0 Å². The highest BCUT2D eigenvalue weighted by Crippen LogP contribution is 2.33. The number of benzene rings is 1. The molecule has 0 spiro atoms. The molecule has 3 aliphatic rings. The molecule has 5 rings (SSSR count). The van der Waals surface area contributed by atoms with Crippen LogP contribution in [0.5, 0.6) is 0 Å². The summed E-state index contributed by atoms with van der Waals surface area (Å²) in [6, 6.07) is 12.9. The molecule has 3 unspecified atom stereocenters. The molecule has 8 heteroatoms. The van der Waals surface area contributed by atoms with Gasteiger partial charge in [0.2, 0.25) is 0 Å². The third-order valence-corrected chi connectivity index (χ3v) is 9.73. The first-order chi connectivity index (χ1) is 24.6. The van der Waals surface area contributed by atoms with Gasteiger partial charge in [-0.2, -0.15) is 5.26 Å². The number of fused-ring (bicyclic) bond motifs is 1. The van der Waals surface area contributed by atoms with Gasteiger partial charge in [0.1, 0.15) is 0 Å². The number of nitrogens with two attached hydrogens (primary N) is 1. The summed E-state index contributed by atoms with van der Waals surface area (Å²) in [5.41, 5.74) is 18.5. The van der Waals surface area contributed by atoms with Gasteiger partial charge in [0.25, 0.3) is 0 Å². The maximum Gasteiger partial charge on any atom is 0.0994 e. The number of rotatable bonds is 18. The Kier molecular flexibility index (Phi) is 13.4. The largest absolute Gasteiger partial charge is 0.390 e. The summed E-state index contributed by atoms with van der Waals surface area (Å²) >= 11 is 0. The number of nitrogens with zero attached hydrogens (tertiary/aromatic N) is 5. The van der Waals surface area contributed by atoms with Gasteiger partial charge >= 0.3 is 0 Å². The summed E-state index contributed by atoms with van der Waals surface area (Å²) in [6.07, 6.45) is 25.2. The van der Waals surface area contributed by atoms with E-state index in [1.807, 2.05) is 24.6 Å². The molecule has 4 N–H and O–H groups in total. The molecule has 3 atom stereocenters. The lowest BCUT2D eigenvalue weighted by Crippen LogP contribution is -2.37. The number of nitrogens with one attached hydrogen (secondary N) is 2. The number of unbranched alkanes of at least 4 members (excludes halogenated alkanes) is 1. The van der Waals surface area contributed by atoms with E-state index in [1.54, 1.807) is 6.20 Å². The fraction of sp³-hybridized carbons (Fsp3) is 0.419. The third kappa shape index (κ3) is 11.0. The molecule has 2 aromatic rings. The van der Waals surface area contributed by atoms with Gasteiger partial charge in [0, 0.05) is 50.0 Å². The van der Waals surface area contributed by atoms with Crippen molar-refractivity contribution in [1.29, 1.82) is 5.26 Å². The highest BCUT2D eigenvalue weighted by Gasteiger charge is 2.31. The molecule has 0 saturated carbocycles. The van der Waals surface area contributed by atoms with Crippen LogP contribution in [0.4, 0.5) is 0 Å². The molecule has 0 amide bonds. The van der Waals surface area contributed by atoms with Crippen molar-refractivity contribution in [3.05, 3.63) is 126 Å². The molecule has 1 aromatic heterocycles. The first-order valence-electron chi connectivity index (χ1n) is 18.5. The molecular formula is C43H56N8. The SMILES string of the molecule is C=CNCCN(CCCCc1ccc(C=C)cn1)CC1C=CC(N2C=C3N=CC=C(c4ccc(CCC(N)CC(C)(C)C)c(C#N)c4)C3N2)=CC1. The zero-order valence-electron chi connectivity index (χ0n) is 30.8. The second-order valence-electron chi connectivity index (χ2n) is 15.1. The fourth-order valence-corrected chi connectivity index (χ4v) is 7.07. The summed E-state index contributed by atoms with van der Waals surface area (Å²) in [6.45, 7) is 18.2. The maximum absolute atomic E-state index is 10.0. The van der Waals surface area contributed by atoms with Crippen LogP contribution in [0.2, 0.25) is 0 Å². The van der Waals surface area contributed by atoms with Gasteiger partial charge in [-0.25, -0.2) is 5.43 Å². The van der Waals surface area contributed by atoms with E-state index < -0.39 is 0 Å². The van der Waals surface area contributed by atoms with E-state index in [9.17, 15) is 5.26 Å². The Labute approximate surface area is 305 Å². The number of allylic oxidation sites excluding steroid dienone is 3. The molecule has 0 radical (unpaired) electrons. The Bertz CT molecular complexity index is 1700. The Balaban J connectivity index is 1.14. The predicted octanol–water partition coefficient (Wildman–Crippen LogP) is 7.31. The minimum atomic E-state index is -0.0809. The minimum Gasteiger partial charge on any atom is -0.390 e. The van der Waals surface area contributed by atoms with E-state index in [-0.39, 0.29) is 17.5 Å². The lowest BCUT2D eigenvalue weighted by Gasteiger charge is -2.29. The van der Waals surface area contributed by atoms with Crippen LogP contribution in [-0.4, -0.2) is 59.4 Å². The van der Waals surface area contributed by atoms with Crippen molar-refractivity contribution in [2.75, 3.05) is 26.2 Å². The Morgan fingerprint density at radius 3 is 2.75 bits per heavy atom. The van der Waals surface area contributed by atoms with Gasteiger partial charge < -0.3 is 16.0 Å². The molecule has 2 aliphatic heterocycles. The number of pyridine rings is 1. The second kappa shape index (κ2) is 18.1. The number of aliphatic imine (C=N–C) groups is 1. The number of dihydropyridines is 1. The Hall–Kier alpha value is -4.55. The lowest BCUT2D eigenvalue weighted by atomic mass is 9.86. The Morgan fingerprint density at radius 1 is 1.18 bits per heavy atom. The number of hydrazine groups is 1. The molecule has 8 nitrogen and oxygen atoms in total. The lowest BCUT2D eigenvalue weighted by molar-refractivity contribution is 0.244. The molecule has 0 saturated heterocycles. The van der Waals surface area contributed by atoms with Crippen LogP contribution < -0.4 is 16.5 Å². The van der Waals surface area contributed by atoms with Crippen LogP contribution in [0.3, 0.4) is 0 Å². The standard InChI is InChI=1S/C43H56N8/c1-6-32-11-18-38(48-29-32)10-8-9-24-50(25-23-46-7-2)30-33-12-19-39(20-13-33)51-31-41-42(49-51)40(21-22-47-41)35-15-14-34(36(26-35)28-44)16-17-37(45)27-43(3,4)5/h6-7,11-12,14-15,18-22,26,29,31,33,37,42,46,49H,1-2,8-10,13,16-17,23-25,27,30,45H2,3-5H3. The number of nitriles is 1. The summed E-state index contributed by atoms with van der Waals surface area (Å²) < 4.78 is 0. The van der Waals surface area contributed by atoms with Crippen LogP contribution in [-0.2, 0) is 12.8 Å². The molecular weight excluding hydrogens is 629 g/mol. The zero-order valence-corrected chi connectivity index (χ0v) is 30.8. The number of hydrogen-bond acceptors (Lipinski definition) is 8. The molecule has 268 valence electrons. The average Bonchev–Trinajstić information content (AvgIpc) is 3.57. The van der Waals surface area contributed by atoms with Crippen molar-refractivity contribution in [1.82, 2.24) is 25.6 Å². The van der Waals surface area contributed by atoms with Crippen molar-refractivity contribution in [2.45, 2.75) is 77.8 Å². The van der Waals surface area contributed by atoms with Gasteiger partial charge in [-0.3, -0.25) is 15.0 Å². The van der Waals surface area contributed by atoms with E-state index in [0.717, 1.165) is 110 Å². The predicted molar refractivity (Wildman–Crippen MR) is 212 cm³/mol. The highest BCUT2D eigenvalue weighted by atomic mass is 15.5. The molecule has 1 aromatic carbocycles. The van der Waals surface area contributed by atoms with Crippen molar-refractivity contribution in [2.24, 2.45) is 22.1 Å². The van der Waals surface area contributed by atoms with Crippen molar-refractivity contribution < 1.29 is 0 Å². The zero-order chi connectivity index (χ0) is 36.2. The van der Waals surface area contributed by atoms with Crippen molar-refractivity contribution in [3.8, 4) is 6.07 Å². The maximum atomic E-state index is 10.0. The Morgan fingerprint density at radius 2 is 2.04 bits per heavy atom. The first-order valence-corrected chi connectivity index (χ1v) is 18.5. The minimum absolute atomic E-state index is 0.0809. The van der Waals surface area contributed by atoms with Gasteiger partial charge in [-0.05, 0) is 116 Å². The van der Waals surface area contributed by atoms with Crippen LogP contribution in [0.15, 0.2) is 103 Å². The fourth-order valence-electron chi connectivity index (χ4n) is 7.07. The summed E-state index contributed by atoms with van der Waals surface area (Å²) in [5.74, 6) is 0.447. The highest BCUT2D eigenvalue weighted by molar-refractivity contribution is 5.91. The summed E-state index contributed by atoms with van der Waals surface area (Å²) in [4.78, 5) is 11.8. The first kappa shape index (κ1) is 37.7. The topological polar surface area (TPSA) is 106 Å². The van der Waals surface area contributed by atoms with E-state index in [0.29, 0.717) is 11.5 Å². The number of aryl methyl sites for hydroxylation is 2. The summed E-state index contributed by atoms with van der Waals surface area (Å²) in [5, 5.41) is 15.4. The van der Waals surface area contributed by atoms with Crippen LogP contribution in [0.25, 0.3) is 11.6 Å². The molecule has 1 aliphatic carbocycles. The molecule has 51 heavy (non-hydrogen) atoms. The third-order valence-electron chi connectivity index (χ3n) is 9.73. The quantitative estimate of drug-likeness (QED) is 0.142. The van der Waals surface area contributed by atoms with Crippen molar-refractivity contribution >= 4 is 17.9 Å². The van der Waals surface area contributed by atoms with Crippen LogP contribution in [0, 0.1) is 22.7 Å². The number of hydrogen-bond donors (Lipinski definition) is 3. The van der Waals surface area contributed by atoms with Gasteiger partial charge in [0.15, 0.2) is 0 Å².